The molecule has 3 heterocycles. The predicted molar refractivity (Wildman–Crippen MR) is 104 cm³/mol. The standard InChI is InChI=1S/C17H17N5O2.C2HF3O2/c23-13-4-6-22(10-13)17(24)14-9-18-5-3-16(14)20-12-1-2-15-11(7-12)8-19-21-15;3-2(4,5)1(6)7/h1-3,5,7-9,13,23H,4,6,10H2,(H,18,20)(H,19,21);(H,6,7)/t13-;/m1./s1. The molecule has 1 fully saturated rings. The van der Waals surface area contributed by atoms with E-state index in [4.69, 9.17) is 9.90 Å². The molecule has 1 aliphatic rings. The number of pyridine rings is 1. The number of alkyl halides is 3. The van der Waals surface area contributed by atoms with Gasteiger partial charge in [0.15, 0.2) is 0 Å². The number of nitrogens with one attached hydrogen (secondary N) is 2. The molecule has 1 amide bonds. The average Bonchev–Trinajstić information content (AvgIpc) is 3.36. The SMILES string of the molecule is O=C(O)C(F)(F)F.O=C(c1cnccc1Nc1ccc2[nH]ncc2c1)N1CC[C@@H](O)C1. The quantitative estimate of drug-likeness (QED) is 0.495. The minimum Gasteiger partial charge on any atom is -0.475 e. The molecule has 3 aromatic rings. The van der Waals surface area contributed by atoms with E-state index in [1.54, 1.807) is 29.6 Å². The Balaban J connectivity index is 0.000000339. The third kappa shape index (κ3) is 5.48. The van der Waals surface area contributed by atoms with Gasteiger partial charge in [-0.1, -0.05) is 0 Å². The number of aliphatic carboxylic acids is 1. The van der Waals surface area contributed by atoms with E-state index in [2.05, 4.69) is 20.5 Å². The molecule has 0 unspecified atom stereocenters. The zero-order valence-electron chi connectivity index (χ0n) is 15.9. The molecule has 4 rings (SSSR count). The molecule has 1 saturated heterocycles. The molecular formula is C19H18F3N5O4. The van der Waals surface area contributed by atoms with Crippen LogP contribution in [0.25, 0.3) is 10.9 Å². The number of aromatic nitrogens is 3. The normalized spacial score (nSPS) is 16.0. The molecule has 0 radical (unpaired) electrons. The van der Waals surface area contributed by atoms with Gasteiger partial charge in [-0.15, -0.1) is 0 Å². The number of anilines is 2. The van der Waals surface area contributed by atoms with Gasteiger partial charge in [0.2, 0.25) is 0 Å². The second kappa shape index (κ2) is 9.00. The number of hydrogen-bond donors (Lipinski definition) is 4. The van der Waals surface area contributed by atoms with Crippen LogP contribution in [0.1, 0.15) is 16.8 Å². The number of carboxylic acid groups (broad SMARTS) is 1. The van der Waals surface area contributed by atoms with Crippen LogP contribution in [0.4, 0.5) is 24.5 Å². The Kier molecular flexibility index (Phi) is 6.39. The largest absolute Gasteiger partial charge is 0.490 e. The fourth-order valence-electron chi connectivity index (χ4n) is 2.95. The van der Waals surface area contributed by atoms with E-state index in [0.717, 1.165) is 16.6 Å². The number of β-amino-alcohol motifs (C(OH)–C–C–N with tert-alkyl or cyclic N) is 1. The summed E-state index contributed by atoms with van der Waals surface area (Å²) in [7, 11) is 0. The molecule has 0 saturated carbocycles. The second-order valence-electron chi connectivity index (χ2n) is 6.71. The first-order chi connectivity index (χ1) is 14.6. The van der Waals surface area contributed by atoms with Crippen LogP contribution in [0.3, 0.4) is 0 Å². The average molecular weight is 437 g/mol. The lowest BCUT2D eigenvalue weighted by Crippen LogP contribution is -2.30. The molecule has 2 aromatic heterocycles. The van der Waals surface area contributed by atoms with Crippen LogP contribution in [0.5, 0.6) is 0 Å². The van der Waals surface area contributed by atoms with E-state index in [1.807, 2.05) is 18.2 Å². The number of halogens is 3. The monoisotopic (exact) mass is 437 g/mol. The molecule has 31 heavy (non-hydrogen) atoms. The number of hydrogen-bond acceptors (Lipinski definition) is 6. The van der Waals surface area contributed by atoms with Crippen molar-refractivity contribution in [2.24, 2.45) is 0 Å². The fourth-order valence-corrected chi connectivity index (χ4v) is 2.95. The van der Waals surface area contributed by atoms with E-state index in [0.29, 0.717) is 30.8 Å². The van der Waals surface area contributed by atoms with Crippen LogP contribution in [0.15, 0.2) is 42.9 Å². The van der Waals surface area contributed by atoms with Gasteiger partial charge in [-0.05, 0) is 30.7 Å². The Hall–Kier alpha value is -3.67. The lowest BCUT2D eigenvalue weighted by Gasteiger charge is -2.18. The van der Waals surface area contributed by atoms with Crippen molar-refractivity contribution in [1.82, 2.24) is 20.1 Å². The summed E-state index contributed by atoms with van der Waals surface area (Å²) in [6.07, 6.45) is 0.0574. The maximum atomic E-state index is 12.7. The van der Waals surface area contributed by atoms with Crippen LogP contribution < -0.4 is 5.32 Å². The van der Waals surface area contributed by atoms with Crippen LogP contribution in [-0.2, 0) is 4.79 Å². The van der Waals surface area contributed by atoms with Crippen LogP contribution in [-0.4, -0.2) is 67.5 Å². The smallest absolute Gasteiger partial charge is 0.475 e. The number of carboxylic acids is 1. The molecule has 0 spiro atoms. The Bertz CT molecular complexity index is 1090. The van der Waals surface area contributed by atoms with Gasteiger partial charge in [0, 0.05) is 36.6 Å². The first-order valence-corrected chi connectivity index (χ1v) is 9.07. The number of nitrogens with zero attached hydrogens (tertiary/aromatic N) is 3. The highest BCUT2D eigenvalue weighted by molar-refractivity contribution is 6.00. The van der Waals surface area contributed by atoms with Crippen molar-refractivity contribution in [3.05, 3.63) is 48.4 Å². The number of amides is 1. The molecule has 1 aliphatic heterocycles. The number of carbonyl (C=O) groups excluding carboxylic acids is 1. The third-order valence-electron chi connectivity index (χ3n) is 4.46. The number of carbonyl (C=O) groups is 2. The van der Waals surface area contributed by atoms with E-state index in [9.17, 15) is 23.1 Å². The zero-order chi connectivity index (χ0) is 22.6. The van der Waals surface area contributed by atoms with Gasteiger partial charge in [-0.25, -0.2) is 4.79 Å². The fraction of sp³-hybridized carbons (Fsp3) is 0.263. The highest BCUT2D eigenvalue weighted by atomic mass is 19.4. The van der Waals surface area contributed by atoms with Crippen molar-refractivity contribution in [3.8, 4) is 0 Å². The minimum absolute atomic E-state index is 0.119. The number of H-pyrrole nitrogens is 1. The number of aromatic amines is 1. The van der Waals surface area contributed by atoms with Gasteiger partial charge in [-0.2, -0.15) is 18.3 Å². The van der Waals surface area contributed by atoms with E-state index >= 15 is 0 Å². The molecule has 0 aliphatic carbocycles. The maximum Gasteiger partial charge on any atom is 0.490 e. The molecule has 0 bridgehead atoms. The molecule has 164 valence electrons. The lowest BCUT2D eigenvalue weighted by atomic mass is 10.2. The topological polar surface area (TPSA) is 131 Å². The van der Waals surface area contributed by atoms with Crippen LogP contribution >= 0.6 is 0 Å². The summed E-state index contributed by atoms with van der Waals surface area (Å²) in [6.45, 7) is 0.934. The second-order valence-corrected chi connectivity index (χ2v) is 6.71. The van der Waals surface area contributed by atoms with Gasteiger partial charge in [0.05, 0.1) is 29.1 Å². The number of benzene rings is 1. The van der Waals surface area contributed by atoms with Gasteiger partial charge in [0.25, 0.3) is 5.91 Å². The van der Waals surface area contributed by atoms with E-state index in [1.165, 1.54) is 0 Å². The van der Waals surface area contributed by atoms with Crippen molar-refractivity contribution >= 4 is 34.2 Å². The Morgan fingerprint density at radius 2 is 1.97 bits per heavy atom. The highest BCUT2D eigenvalue weighted by Gasteiger charge is 2.38. The number of aliphatic hydroxyl groups excluding tert-OH is 1. The van der Waals surface area contributed by atoms with Gasteiger partial charge >= 0.3 is 12.1 Å². The maximum absolute atomic E-state index is 12.7. The molecule has 12 heteroatoms. The zero-order valence-corrected chi connectivity index (χ0v) is 15.9. The Morgan fingerprint density at radius 1 is 1.23 bits per heavy atom. The van der Waals surface area contributed by atoms with E-state index < -0.39 is 18.2 Å². The number of aliphatic hydroxyl groups is 1. The first kappa shape index (κ1) is 22.0. The summed E-state index contributed by atoms with van der Waals surface area (Å²) in [5, 5.41) is 28.0. The lowest BCUT2D eigenvalue weighted by molar-refractivity contribution is -0.192. The predicted octanol–water partition coefficient (Wildman–Crippen LogP) is 2.54. The van der Waals surface area contributed by atoms with Gasteiger partial charge in [-0.3, -0.25) is 14.9 Å². The summed E-state index contributed by atoms with van der Waals surface area (Å²) < 4.78 is 31.7. The van der Waals surface area contributed by atoms with Crippen molar-refractivity contribution in [2.75, 3.05) is 18.4 Å². The summed E-state index contributed by atoms with van der Waals surface area (Å²) in [5.41, 5.74) is 3.02. The van der Waals surface area contributed by atoms with Crippen LogP contribution in [0, 0.1) is 0 Å². The summed E-state index contributed by atoms with van der Waals surface area (Å²) in [6, 6.07) is 7.60. The number of likely N-dealkylation sites (tertiary alicyclic amines) is 1. The number of rotatable bonds is 3. The third-order valence-corrected chi connectivity index (χ3v) is 4.46. The Morgan fingerprint density at radius 3 is 2.61 bits per heavy atom. The Labute approximate surface area is 173 Å². The molecular weight excluding hydrogens is 419 g/mol. The highest BCUT2D eigenvalue weighted by Crippen LogP contribution is 2.25. The summed E-state index contributed by atoms with van der Waals surface area (Å²) >= 11 is 0. The van der Waals surface area contributed by atoms with Crippen LogP contribution in [0.2, 0.25) is 0 Å². The minimum atomic E-state index is -5.08. The van der Waals surface area contributed by atoms with Gasteiger partial charge < -0.3 is 20.4 Å². The van der Waals surface area contributed by atoms with Crippen molar-refractivity contribution in [2.45, 2.75) is 18.7 Å². The molecule has 9 nitrogen and oxygen atoms in total. The van der Waals surface area contributed by atoms with Crippen molar-refractivity contribution in [1.29, 1.82) is 0 Å². The van der Waals surface area contributed by atoms with Crippen molar-refractivity contribution < 1.29 is 33.0 Å². The molecule has 1 aromatic carbocycles. The molecule has 1 atom stereocenters. The van der Waals surface area contributed by atoms with Gasteiger partial charge in [0.1, 0.15) is 0 Å². The number of fused-ring (bicyclic) bond motifs is 1. The van der Waals surface area contributed by atoms with E-state index in [-0.39, 0.29) is 5.91 Å². The summed E-state index contributed by atoms with van der Waals surface area (Å²) in [4.78, 5) is 27.3. The first-order valence-electron chi connectivity index (χ1n) is 9.07. The summed E-state index contributed by atoms with van der Waals surface area (Å²) in [5.74, 6) is -2.88. The molecule has 4 N–H and O–H groups in total. The van der Waals surface area contributed by atoms with Crippen molar-refractivity contribution in [3.63, 3.8) is 0 Å².